The zero-order chi connectivity index (χ0) is 13.1. The first-order valence-corrected chi connectivity index (χ1v) is 7.09. The number of hydrogen-bond donors (Lipinski definition) is 0. The van der Waals surface area contributed by atoms with Crippen molar-refractivity contribution in [1.82, 2.24) is 9.97 Å². The largest absolute Gasteiger partial charge is 0.225 e. The lowest BCUT2D eigenvalue weighted by atomic mass is 10.0. The Balaban J connectivity index is 2.21. The summed E-state index contributed by atoms with van der Waals surface area (Å²) < 4.78 is 0. The molecule has 0 atom stereocenters. The first kappa shape index (κ1) is 13.7. The summed E-state index contributed by atoms with van der Waals surface area (Å²) in [4.78, 5) is 9.02. The van der Waals surface area contributed by atoms with E-state index in [2.05, 4.69) is 48.1 Å². The molecule has 0 bridgehead atoms. The second-order valence-electron chi connectivity index (χ2n) is 4.12. The fourth-order valence-corrected chi connectivity index (χ4v) is 2.60. The Kier molecular flexibility index (Phi) is 4.49. The zero-order valence-electron chi connectivity index (χ0n) is 10.0. The molecule has 94 valence electrons. The smallest absolute Gasteiger partial charge is 0.223 e. The highest BCUT2D eigenvalue weighted by Crippen LogP contribution is 2.32. The third-order valence-corrected chi connectivity index (χ3v) is 4.03. The molecule has 0 amide bonds. The van der Waals surface area contributed by atoms with Gasteiger partial charge in [-0.25, -0.2) is 9.97 Å². The topological polar surface area (TPSA) is 25.8 Å². The predicted octanol–water partition coefficient (Wildman–Crippen LogP) is 5.06. The van der Waals surface area contributed by atoms with Crippen LogP contribution in [0.15, 0.2) is 40.4 Å². The van der Waals surface area contributed by atoms with E-state index in [1.54, 1.807) is 0 Å². The van der Waals surface area contributed by atoms with Gasteiger partial charge in [-0.3, -0.25) is 0 Å². The van der Waals surface area contributed by atoms with Gasteiger partial charge < -0.3 is 0 Å². The molecule has 0 saturated carbocycles. The maximum Gasteiger partial charge on any atom is 0.223 e. The summed E-state index contributed by atoms with van der Waals surface area (Å²) in [6.45, 7) is 4.34. The molecular weight excluding hydrogens is 287 g/mol. The van der Waals surface area contributed by atoms with Crippen LogP contribution in [0.1, 0.15) is 25.3 Å². The Morgan fingerprint density at radius 3 is 2.39 bits per heavy atom. The molecule has 0 saturated heterocycles. The molecule has 0 aliphatic heterocycles. The van der Waals surface area contributed by atoms with E-state index in [1.807, 2.05) is 0 Å². The summed E-state index contributed by atoms with van der Waals surface area (Å²) >= 11 is 13.3. The molecule has 0 aliphatic rings. The minimum atomic E-state index is 0.209. The molecule has 1 heterocycles. The number of aromatic nitrogens is 2. The number of benzene rings is 1. The van der Waals surface area contributed by atoms with Gasteiger partial charge in [-0.15, -0.1) is 0 Å². The van der Waals surface area contributed by atoms with Crippen molar-refractivity contribution in [3.05, 3.63) is 46.3 Å². The molecule has 1 aromatic carbocycles. The summed E-state index contributed by atoms with van der Waals surface area (Å²) in [6, 6.07) is 8.35. The van der Waals surface area contributed by atoms with Crippen molar-refractivity contribution in [2.45, 2.75) is 29.7 Å². The van der Waals surface area contributed by atoms with Gasteiger partial charge in [-0.05, 0) is 35.2 Å². The van der Waals surface area contributed by atoms with Crippen molar-refractivity contribution in [2.24, 2.45) is 0 Å². The minimum absolute atomic E-state index is 0.209. The molecule has 2 nitrogen and oxygen atoms in total. The molecular formula is C13H12Cl2N2S. The lowest BCUT2D eigenvalue weighted by molar-refractivity contribution is 0.865. The van der Waals surface area contributed by atoms with E-state index in [0.717, 1.165) is 4.90 Å². The molecule has 2 rings (SSSR count). The fraction of sp³-hybridized carbons (Fsp3) is 0.231. The summed E-state index contributed by atoms with van der Waals surface area (Å²) in [5.41, 5.74) is 1.31. The average Bonchev–Trinajstić information content (AvgIpc) is 2.34. The van der Waals surface area contributed by atoms with E-state index >= 15 is 0 Å². The second-order valence-corrected chi connectivity index (χ2v) is 5.93. The Hall–Kier alpha value is -0.770. The lowest BCUT2D eigenvalue weighted by Gasteiger charge is -2.07. The van der Waals surface area contributed by atoms with Gasteiger partial charge in [0.05, 0.1) is 11.2 Å². The monoisotopic (exact) mass is 298 g/mol. The lowest BCUT2D eigenvalue weighted by Crippen LogP contribution is -1.88. The van der Waals surface area contributed by atoms with Crippen LogP contribution in [0.3, 0.4) is 0 Å². The van der Waals surface area contributed by atoms with Gasteiger partial charge in [-0.1, -0.05) is 49.3 Å². The van der Waals surface area contributed by atoms with Gasteiger partial charge in [0.15, 0.2) is 0 Å². The van der Waals surface area contributed by atoms with Gasteiger partial charge >= 0.3 is 0 Å². The molecule has 1 aromatic heterocycles. The number of nitrogens with zero attached hydrogens (tertiary/aromatic N) is 2. The van der Waals surface area contributed by atoms with Gasteiger partial charge in [0.25, 0.3) is 0 Å². The summed E-state index contributed by atoms with van der Waals surface area (Å²) in [7, 11) is 0. The van der Waals surface area contributed by atoms with E-state index in [4.69, 9.17) is 23.2 Å². The van der Waals surface area contributed by atoms with Crippen molar-refractivity contribution in [1.29, 1.82) is 0 Å². The molecule has 5 heteroatoms. The van der Waals surface area contributed by atoms with E-state index in [0.29, 0.717) is 16.0 Å². The van der Waals surface area contributed by atoms with Gasteiger partial charge in [0.1, 0.15) is 5.03 Å². The van der Waals surface area contributed by atoms with Crippen LogP contribution < -0.4 is 0 Å². The quantitative estimate of drug-likeness (QED) is 0.585. The Morgan fingerprint density at radius 2 is 1.78 bits per heavy atom. The van der Waals surface area contributed by atoms with E-state index in [-0.39, 0.29) is 5.28 Å². The van der Waals surface area contributed by atoms with Crippen LogP contribution in [-0.4, -0.2) is 9.97 Å². The van der Waals surface area contributed by atoms with Crippen molar-refractivity contribution in [3.8, 4) is 0 Å². The molecule has 0 aliphatic carbocycles. The van der Waals surface area contributed by atoms with E-state index < -0.39 is 0 Å². The van der Waals surface area contributed by atoms with Crippen molar-refractivity contribution in [2.75, 3.05) is 0 Å². The first-order valence-electron chi connectivity index (χ1n) is 5.52. The Labute approximate surface area is 121 Å². The SMILES string of the molecule is CC(C)c1ccc(Sc2nc(Cl)ncc2Cl)cc1. The second kappa shape index (κ2) is 5.91. The van der Waals surface area contributed by atoms with Crippen molar-refractivity contribution in [3.63, 3.8) is 0 Å². The number of hydrogen-bond acceptors (Lipinski definition) is 3. The summed E-state index contributed by atoms with van der Waals surface area (Å²) in [5, 5.41) is 1.40. The molecule has 18 heavy (non-hydrogen) atoms. The Morgan fingerprint density at radius 1 is 1.11 bits per heavy atom. The Bertz CT molecular complexity index is 541. The average molecular weight is 299 g/mol. The standard InChI is InChI=1S/C13H12Cl2N2S/c1-8(2)9-3-5-10(6-4-9)18-12-11(14)7-16-13(15)17-12/h3-8H,1-2H3. The van der Waals surface area contributed by atoms with Gasteiger partial charge in [0.2, 0.25) is 5.28 Å². The van der Waals surface area contributed by atoms with Gasteiger partial charge in [0, 0.05) is 4.90 Å². The summed E-state index contributed by atoms with van der Waals surface area (Å²) in [5.74, 6) is 0.529. The maximum absolute atomic E-state index is 6.02. The molecule has 0 unspecified atom stereocenters. The first-order chi connectivity index (χ1) is 8.56. The van der Waals surface area contributed by atoms with Crippen molar-refractivity contribution >= 4 is 35.0 Å². The van der Waals surface area contributed by atoms with Crippen LogP contribution in [0, 0.1) is 0 Å². The van der Waals surface area contributed by atoms with E-state index in [1.165, 1.54) is 23.5 Å². The molecule has 0 spiro atoms. The number of halogens is 2. The fourth-order valence-electron chi connectivity index (χ4n) is 1.44. The minimum Gasteiger partial charge on any atom is -0.225 e. The highest BCUT2D eigenvalue weighted by atomic mass is 35.5. The summed E-state index contributed by atoms with van der Waals surface area (Å²) in [6.07, 6.45) is 1.52. The third-order valence-electron chi connectivity index (χ3n) is 2.44. The maximum atomic E-state index is 6.02. The van der Waals surface area contributed by atoms with Crippen LogP contribution in [0.25, 0.3) is 0 Å². The van der Waals surface area contributed by atoms with Crippen molar-refractivity contribution < 1.29 is 0 Å². The normalized spacial score (nSPS) is 10.9. The van der Waals surface area contributed by atoms with E-state index in [9.17, 15) is 0 Å². The van der Waals surface area contributed by atoms with Crippen LogP contribution in [-0.2, 0) is 0 Å². The number of rotatable bonds is 3. The van der Waals surface area contributed by atoms with Crippen LogP contribution in [0.2, 0.25) is 10.3 Å². The van der Waals surface area contributed by atoms with Crippen LogP contribution >= 0.6 is 35.0 Å². The highest BCUT2D eigenvalue weighted by Gasteiger charge is 2.07. The zero-order valence-corrected chi connectivity index (χ0v) is 12.4. The molecule has 0 N–H and O–H groups in total. The van der Waals surface area contributed by atoms with Crippen LogP contribution in [0.4, 0.5) is 0 Å². The molecule has 0 fully saturated rings. The highest BCUT2D eigenvalue weighted by molar-refractivity contribution is 7.99. The predicted molar refractivity (Wildman–Crippen MR) is 76.7 cm³/mol. The van der Waals surface area contributed by atoms with Crippen LogP contribution in [0.5, 0.6) is 0 Å². The molecule has 2 aromatic rings. The molecule has 0 radical (unpaired) electrons. The van der Waals surface area contributed by atoms with Gasteiger partial charge in [-0.2, -0.15) is 0 Å². The third kappa shape index (κ3) is 3.37.